The Morgan fingerprint density at radius 1 is 1.41 bits per heavy atom. The number of fused-ring (bicyclic) bond motifs is 1. The molecule has 0 radical (unpaired) electrons. The van der Waals surface area contributed by atoms with E-state index >= 15 is 0 Å². The van der Waals surface area contributed by atoms with Crippen molar-refractivity contribution in [2.24, 2.45) is 0 Å². The van der Waals surface area contributed by atoms with Gasteiger partial charge in [-0.25, -0.2) is 9.18 Å². The van der Waals surface area contributed by atoms with E-state index in [1.54, 1.807) is 0 Å². The van der Waals surface area contributed by atoms with Crippen molar-refractivity contribution in [3.8, 4) is 0 Å². The Kier molecular flexibility index (Phi) is 2.97. The largest absolute Gasteiger partial charge is 0.464 e. The third-order valence-corrected chi connectivity index (χ3v) is 2.90. The van der Waals surface area contributed by atoms with E-state index in [2.05, 4.69) is 25.7 Å². The Bertz CT molecular complexity index is 666. The highest BCUT2D eigenvalue weighted by molar-refractivity contribution is 9.10. The molecular weight excluding hydrogens is 293 g/mol. The molecule has 1 aromatic heterocycles. The van der Waals surface area contributed by atoms with Crippen LogP contribution in [-0.4, -0.2) is 18.1 Å². The molecule has 0 atom stereocenters. The molecular formula is C11H7BrFNO3. The van der Waals surface area contributed by atoms with Gasteiger partial charge in [0.25, 0.3) is 5.56 Å². The molecule has 1 heterocycles. The molecule has 0 spiro atoms. The number of esters is 1. The molecule has 0 saturated carbocycles. The summed E-state index contributed by atoms with van der Waals surface area (Å²) >= 11 is 2.99. The van der Waals surface area contributed by atoms with Gasteiger partial charge in [0.1, 0.15) is 11.5 Å². The number of aromatic nitrogens is 1. The number of pyridine rings is 1. The zero-order chi connectivity index (χ0) is 12.6. The first-order valence-electron chi connectivity index (χ1n) is 4.63. The summed E-state index contributed by atoms with van der Waals surface area (Å²) in [7, 11) is 1.20. The maximum Gasteiger partial charge on any atom is 0.354 e. The summed E-state index contributed by atoms with van der Waals surface area (Å²) in [4.78, 5) is 25.3. The number of aromatic amines is 1. The monoisotopic (exact) mass is 299 g/mol. The molecule has 17 heavy (non-hydrogen) atoms. The summed E-state index contributed by atoms with van der Waals surface area (Å²) < 4.78 is 18.0. The summed E-state index contributed by atoms with van der Waals surface area (Å²) in [5.74, 6) is -1.17. The summed E-state index contributed by atoms with van der Waals surface area (Å²) in [5.41, 5.74) is -0.477. The van der Waals surface area contributed by atoms with Crippen LogP contribution in [0.1, 0.15) is 10.5 Å². The van der Waals surface area contributed by atoms with E-state index in [1.807, 2.05) is 0 Å². The predicted molar refractivity (Wildman–Crippen MR) is 63.6 cm³/mol. The maximum absolute atomic E-state index is 13.3. The van der Waals surface area contributed by atoms with Crippen LogP contribution in [0.5, 0.6) is 0 Å². The van der Waals surface area contributed by atoms with Crippen LogP contribution in [0.25, 0.3) is 10.8 Å². The zero-order valence-electron chi connectivity index (χ0n) is 8.71. The number of ether oxygens (including phenoxy) is 1. The topological polar surface area (TPSA) is 59.2 Å². The minimum Gasteiger partial charge on any atom is -0.464 e. The van der Waals surface area contributed by atoms with Gasteiger partial charge in [-0.2, -0.15) is 0 Å². The SMILES string of the molecule is COC(=O)c1cc2cc(F)c(Br)cc2c(=O)[nH]1. The number of benzene rings is 1. The summed E-state index contributed by atoms with van der Waals surface area (Å²) in [6.45, 7) is 0. The lowest BCUT2D eigenvalue weighted by molar-refractivity contribution is 0.0594. The maximum atomic E-state index is 13.3. The molecule has 1 N–H and O–H groups in total. The average Bonchev–Trinajstić information content (AvgIpc) is 2.30. The molecule has 0 fully saturated rings. The van der Waals surface area contributed by atoms with Crippen molar-refractivity contribution in [3.63, 3.8) is 0 Å². The van der Waals surface area contributed by atoms with E-state index in [-0.39, 0.29) is 10.2 Å². The molecule has 0 bridgehead atoms. The van der Waals surface area contributed by atoms with Gasteiger partial charge in [0.2, 0.25) is 0 Å². The van der Waals surface area contributed by atoms with E-state index < -0.39 is 17.3 Å². The second-order valence-electron chi connectivity index (χ2n) is 3.36. The van der Waals surface area contributed by atoms with E-state index in [9.17, 15) is 14.0 Å². The number of rotatable bonds is 1. The van der Waals surface area contributed by atoms with Crippen LogP contribution in [0.2, 0.25) is 0 Å². The van der Waals surface area contributed by atoms with Gasteiger partial charge in [-0.1, -0.05) is 0 Å². The number of carbonyl (C=O) groups is 1. The molecule has 0 aliphatic carbocycles. The lowest BCUT2D eigenvalue weighted by Gasteiger charge is -2.03. The molecule has 2 aromatic rings. The van der Waals surface area contributed by atoms with Gasteiger partial charge >= 0.3 is 5.97 Å². The van der Waals surface area contributed by atoms with Gasteiger partial charge in [0.15, 0.2) is 0 Å². The first-order chi connectivity index (χ1) is 8.02. The Balaban J connectivity index is 2.78. The minimum atomic E-state index is -0.674. The Morgan fingerprint density at radius 3 is 2.76 bits per heavy atom. The van der Waals surface area contributed by atoms with Crippen molar-refractivity contribution in [2.75, 3.05) is 7.11 Å². The van der Waals surface area contributed by atoms with E-state index in [1.165, 1.54) is 25.3 Å². The molecule has 0 aliphatic heterocycles. The quantitative estimate of drug-likeness (QED) is 0.822. The molecule has 6 heteroatoms. The van der Waals surface area contributed by atoms with Gasteiger partial charge in [-0.15, -0.1) is 0 Å². The van der Waals surface area contributed by atoms with Crippen molar-refractivity contribution in [3.05, 3.63) is 44.5 Å². The molecule has 0 aliphatic rings. The molecule has 2 rings (SSSR count). The Morgan fingerprint density at radius 2 is 2.12 bits per heavy atom. The number of carbonyl (C=O) groups excluding carboxylic acids is 1. The highest BCUT2D eigenvalue weighted by Gasteiger charge is 2.11. The summed E-state index contributed by atoms with van der Waals surface area (Å²) in [6, 6.07) is 3.92. The molecule has 0 amide bonds. The van der Waals surface area contributed by atoms with Gasteiger partial charge in [-0.05, 0) is 39.5 Å². The average molecular weight is 300 g/mol. The van der Waals surface area contributed by atoms with Crippen LogP contribution in [0.4, 0.5) is 4.39 Å². The van der Waals surface area contributed by atoms with E-state index in [0.29, 0.717) is 10.8 Å². The molecule has 1 aromatic carbocycles. The van der Waals surface area contributed by atoms with Crippen LogP contribution in [-0.2, 0) is 4.74 Å². The highest BCUT2D eigenvalue weighted by Crippen LogP contribution is 2.21. The van der Waals surface area contributed by atoms with Crippen LogP contribution in [0, 0.1) is 5.82 Å². The third-order valence-electron chi connectivity index (χ3n) is 2.29. The number of H-pyrrole nitrogens is 1. The van der Waals surface area contributed by atoms with Crippen molar-refractivity contribution >= 4 is 32.7 Å². The molecule has 4 nitrogen and oxygen atoms in total. The van der Waals surface area contributed by atoms with Crippen LogP contribution >= 0.6 is 15.9 Å². The van der Waals surface area contributed by atoms with Gasteiger partial charge in [0, 0.05) is 5.39 Å². The predicted octanol–water partition coefficient (Wildman–Crippen LogP) is 2.22. The van der Waals surface area contributed by atoms with Gasteiger partial charge in [0.05, 0.1) is 11.6 Å². The van der Waals surface area contributed by atoms with Crippen LogP contribution in [0.15, 0.2) is 27.5 Å². The Labute approximate surface area is 104 Å². The number of methoxy groups -OCH3 is 1. The van der Waals surface area contributed by atoms with Crippen LogP contribution in [0.3, 0.4) is 0 Å². The standard InChI is InChI=1S/C11H7BrFNO3/c1-17-11(16)9-3-5-2-8(13)7(12)4-6(5)10(15)14-9/h2-4H,1H3,(H,14,15). The molecule has 88 valence electrons. The van der Waals surface area contributed by atoms with Crippen molar-refractivity contribution in [1.82, 2.24) is 4.98 Å². The van der Waals surface area contributed by atoms with Crippen LogP contribution < -0.4 is 5.56 Å². The van der Waals surface area contributed by atoms with Gasteiger partial charge in [-0.3, -0.25) is 4.79 Å². The number of hydrogen-bond acceptors (Lipinski definition) is 3. The fourth-order valence-electron chi connectivity index (χ4n) is 1.48. The van der Waals surface area contributed by atoms with E-state index in [0.717, 1.165) is 0 Å². The summed E-state index contributed by atoms with van der Waals surface area (Å²) in [6.07, 6.45) is 0. The number of halogens is 2. The fourth-order valence-corrected chi connectivity index (χ4v) is 1.82. The first-order valence-corrected chi connectivity index (χ1v) is 5.42. The third kappa shape index (κ3) is 2.08. The Hall–Kier alpha value is -1.69. The second-order valence-corrected chi connectivity index (χ2v) is 4.21. The van der Waals surface area contributed by atoms with Crippen molar-refractivity contribution in [2.45, 2.75) is 0 Å². The minimum absolute atomic E-state index is 0.00766. The number of nitrogens with one attached hydrogen (secondary N) is 1. The van der Waals surface area contributed by atoms with E-state index in [4.69, 9.17) is 0 Å². The lowest BCUT2D eigenvalue weighted by atomic mass is 10.1. The van der Waals surface area contributed by atoms with Gasteiger partial charge < -0.3 is 9.72 Å². The fraction of sp³-hybridized carbons (Fsp3) is 0.0909. The zero-order valence-corrected chi connectivity index (χ0v) is 10.3. The summed E-state index contributed by atoms with van der Waals surface area (Å²) in [5, 5.41) is 0.640. The second kappa shape index (κ2) is 4.29. The number of hydrogen-bond donors (Lipinski definition) is 1. The first kappa shape index (κ1) is 11.8. The lowest BCUT2D eigenvalue weighted by Crippen LogP contribution is -2.14. The molecule has 0 unspecified atom stereocenters. The normalized spacial score (nSPS) is 10.5. The van der Waals surface area contributed by atoms with Crippen molar-refractivity contribution < 1.29 is 13.9 Å². The van der Waals surface area contributed by atoms with Crippen molar-refractivity contribution in [1.29, 1.82) is 0 Å². The highest BCUT2D eigenvalue weighted by atomic mass is 79.9. The molecule has 0 saturated heterocycles. The smallest absolute Gasteiger partial charge is 0.354 e.